The first-order valence-electron chi connectivity index (χ1n) is 10.1. The quantitative estimate of drug-likeness (QED) is 0.638. The van der Waals surface area contributed by atoms with Crippen molar-refractivity contribution >= 4 is 11.6 Å². The van der Waals surface area contributed by atoms with Crippen molar-refractivity contribution in [3.63, 3.8) is 0 Å². The van der Waals surface area contributed by atoms with Gasteiger partial charge in [0.25, 0.3) is 0 Å². The van der Waals surface area contributed by atoms with Crippen LogP contribution in [-0.2, 0) is 5.41 Å². The minimum absolute atomic E-state index is 0.161. The number of ether oxygens (including phenoxy) is 1. The number of halogens is 1. The monoisotopic (exact) mass is 368 g/mol. The molecule has 0 aromatic heterocycles. The minimum atomic E-state index is 0.161. The summed E-state index contributed by atoms with van der Waals surface area (Å²) >= 11 is 6.42. The molecule has 0 atom stereocenters. The van der Waals surface area contributed by atoms with Crippen molar-refractivity contribution in [3.8, 4) is 5.75 Å². The summed E-state index contributed by atoms with van der Waals surface area (Å²) in [5.74, 6) is 0.824. The summed E-state index contributed by atoms with van der Waals surface area (Å²) < 4.78 is 5.92. The Balaban J connectivity index is 1.68. The molecule has 3 nitrogen and oxygen atoms in total. The zero-order valence-electron chi connectivity index (χ0n) is 16.6. The third-order valence-electron chi connectivity index (χ3n) is 5.94. The fourth-order valence-electron chi connectivity index (χ4n) is 3.46. The average molecular weight is 369 g/mol. The molecule has 0 aliphatic carbocycles. The van der Waals surface area contributed by atoms with Crippen molar-refractivity contribution in [2.75, 3.05) is 45.9 Å². The molecule has 142 valence electrons. The largest absolute Gasteiger partial charge is 0.492 e. The van der Waals surface area contributed by atoms with Gasteiger partial charge in [-0.25, -0.2) is 0 Å². The van der Waals surface area contributed by atoms with Gasteiger partial charge in [0.1, 0.15) is 31.9 Å². The number of hydrogen-bond acceptors (Lipinski definition) is 1. The fraction of sp³-hybridized carbons (Fsp3) is 0.714. The number of likely N-dealkylation sites (N-methyl/N-ethyl adjacent to an activating group) is 1. The van der Waals surface area contributed by atoms with Crippen LogP contribution >= 0.6 is 11.6 Å². The molecule has 2 N–H and O–H groups in total. The first-order chi connectivity index (χ1) is 12.0. The van der Waals surface area contributed by atoms with Crippen molar-refractivity contribution < 1.29 is 14.5 Å². The second kappa shape index (κ2) is 9.80. The number of unbranched alkanes of at least 4 members (excludes halogenated alkanes) is 1. The Bertz CT molecular complexity index is 525. The molecule has 1 aromatic carbocycles. The standard InChI is InChI=1S/C21H35ClN2O/c1-5-21(3,4)18-9-10-20(19(22)17-18)25-16-8-7-11-24-14-12-23(6-2)13-15-24/h9-10,17H,5-8,11-16H2,1-4H3/p+2. The molecular weight excluding hydrogens is 332 g/mol. The highest BCUT2D eigenvalue weighted by Crippen LogP contribution is 2.33. The molecule has 0 spiro atoms. The topological polar surface area (TPSA) is 18.1 Å². The number of quaternary nitrogens is 2. The van der Waals surface area contributed by atoms with Gasteiger partial charge in [-0.1, -0.05) is 38.4 Å². The lowest BCUT2D eigenvalue weighted by molar-refractivity contribution is -1.01. The van der Waals surface area contributed by atoms with Crippen LogP contribution in [0.25, 0.3) is 0 Å². The van der Waals surface area contributed by atoms with Crippen LogP contribution in [0.5, 0.6) is 5.75 Å². The normalized spacial score (nSPS) is 21.3. The lowest BCUT2D eigenvalue weighted by atomic mass is 9.82. The Morgan fingerprint density at radius 2 is 1.72 bits per heavy atom. The van der Waals surface area contributed by atoms with E-state index >= 15 is 0 Å². The van der Waals surface area contributed by atoms with Gasteiger partial charge in [-0.15, -0.1) is 0 Å². The van der Waals surface area contributed by atoms with Crippen LogP contribution in [-0.4, -0.2) is 45.9 Å². The van der Waals surface area contributed by atoms with Crippen molar-refractivity contribution in [2.24, 2.45) is 0 Å². The molecular formula is C21H37ClN2O+2. The Kier molecular flexibility index (Phi) is 8.05. The average Bonchev–Trinajstić information content (AvgIpc) is 2.63. The van der Waals surface area contributed by atoms with Gasteiger partial charge in [-0.05, 0) is 49.3 Å². The zero-order chi connectivity index (χ0) is 18.3. The van der Waals surface area contributed by atoms with Crippen LogP contribution in [0.15, 0.2) is 18.2 Å². The molecule has 0 radical (unpaired) electrons. The predicted octanol–water partition coefficient (Wildman–Crippen LogP) is 1.99. The molecule has 0 saturated carbocycles. The molecule has 2 rings (SSSR count). The molecule has 1 saturated heterocycles. The van der Waals surface area contributed by atoms with Gasteiger partial charge in [-0.2, -0.15) is 0 Å². The molecule has 0 unspecified atom stereocenters. The van der Waals surface area contributed by atoms with Gasteiger partial charge in [0, 0.05) is 0 Å². The maximum absolute atomic E-state index is 6.42. The van der Waals surface area contributed by atoms with Crippen LogP contribution in [0.4, 0.5) is 0 Å². The van der Waals surface area contributed by atoms with Crippen molar-refractivity contribution in [1.29, 1.82) is 0 Å². The van der Waals surface area contributed by atoms with Gasteiger partial charge in [0.2, 0.25) is 0 Å². The number of piperazine rings is 1. The molecule has 4 heteroatoms. The van der Waals surface area contributed by atoms with Crippen molar-refractivity contribution in [2.45, 2.75) is 52.4 Å². The summed E-state index contributed by atoms with van der Waals surface area (Å²) in [7, 11) is 0. The molecule has 1 aliphatic heterocycles. The highest BCUT2D eigenvalue weighted by molar-refractivity contribution is 6.32. The van der Waals surface area contributed by atoms with E-state index in [1.54, 1.807) is 9.80 Å². The highest BCUT2D eigenvalue weighted by Gasteiger charge is 2.21. The van der Waals surface area contributed by atoms with Gasteiger partial charge in [-0.3, -0.25) is 0 Å². The predicted molar refractivity (Wildman–Crippen MR) is 106 cm³/mol. The van der Waals surface area contributed by atoms with Crippen LogP contribution in [0.2, 0.25) is 5.02 Å². The van der Waals surface area contributed by atoms with E-state index in [1.807, 2.05) is 6.07 Å². The van der Waals surface area contributed by atoms with E-state index in [4.69, 9.17) is 16.3 Å². The maximum atomic E-state index is 6.42. The zero-order valence-corrected chi connectivity index (χ0v) is 17.3. The van der Waals surface area contributed by atoms with E-state index < -0.39 is 0 Å². The van der Waals surface area contributed by atoms with Crippen LogP contribution in [0, 0.1) is 0 Å². The summed E-state index contributed by atoms with van der Waals surface area (Å²) in [6, 6.07) is 6.26. The second-order valence-electron chi connectivity index (χ2n) is 8.04. The van der Waals surface area contributed by atoms with Gasteiger partial charge >= 0.3 is 0 Å². The first kappa shape index (κ1) is 20.5. The number of nitrogens with one attached hydrogen (secondary N) is 2. The maximum Gasteiger partial charge on any atom is 0.137 e. The molecule has 0 amide bonds. The lowest BCUT2D eigenvalue weighted by Gasteiger charge is -2.28. The Morgan fingerprint density at radius 1 is 1.04 bits per heavy atom. The third-order valence-corrected chi connectivity index (χ3v) is 6.24. The summed E-state index contributed by atoms with van der Waals surface area (Å²) in [5.41, 5.74) is 1.44. The first-order valence-corrected chi connectivity index (χ1v) is 10.4. The van der Waals surface area contributed by atoms with Crippen LogP contribution in [0.3, 0.4) is 0 Å². The summed E-state index contributed by atoms with van der Waals surface area (Å²) in [5, 5.41) is 0.739. The molecule has 1 fully saturated rings. The molecule has 1 heterocycles. The van der Waals surface area contributed by atoms with Crippen molar-refractivity contribution in [1.82, 2.24) is 0 Å². The Hall–Kier alpha value is -0.770. The van der Waals surface area contributed by atoms with E-state index in [2.05, 4.69) is 39.8 Å². The van der Waals surface area contributed by atoms with E-state index in [0.717, 1.165) is 30.2 Å². The van der Waals surface area contributed by atoms with Gasteiger partial charge in [0.15, 0.2) is 0 Å². The SMILES string of the molecule is CC[NH+]1CC[NH+](CCCCOc2ccc(C(C)(C)CC)cc2Cl)CC1. The number of hydrogen-bond donors (Lipinski definition) is 2. The summed E-state index contributed by atoms with van der Waals surface area (Å²) in [6.45, 7) is 17.6. The van der Waals surface area contributed by atoms with Crippen LogP contribution in [0.1, 0.15) is 52.5 Å². The second-order valence-corrected chi connectivity index (χ2v) is 8.45. The molecule has 1 aliphatic rings. The molecule has 25 heavy (non-hydrogen) atoms. The van der Waals surface area contributed by atoms with E-state index in [1.165, 1.54) is 51.3 Å². The van der Waals surface area contributed by atoms with E-state index in [-0.39, 0.29) is 5.41 Å². The molecule has 1 aromatic rings. The highest BCUT2D eigenvalue weighted by atomic mass is 35.5. The van der Waals surface area contributed by atoms with E-state index in [9.17, 15) is 0 Å². The Labute approximate surface area is 159 Å². The fourth-order valence-corrected chi connectivity index (χ4v) is 3.70. The lowest BCUT2D eigenvalue weighted by Crippen LogP contribution is -3.28. The van der Waals surface area contributed by atoms with Gasteiger partial charge < -0.3 is 14.5 Å². The van der Waals surface area contributed by atoms with Gasteiger partial charge in [0.05, 0.1) is 24.7 Å². The molecule has 0 bridgehead atoms. The van der Waals surface area contributed by atoms with Crippen molar-refractivity contribution in [3.05, 3.63) is 28.8 Å². The summed E-state index contributed by atoms with van der Waals surface area (Å²) in [6.07, 6.45) is 3.43. The van der Waals surface area contributed by atoms with Crippen LogP contribution < -0.4 is 14.5 Å². The number of rotatable bonds is 9. The third kappa shape index (κ3) is 6.16. The summed E-state index contributed by atoms with van der Waals surface area (Å²) in [4.78, 5) is 3.53. The minimum Gasteiger partial charge on any atom is -0.492 e. The Morgan fingerprint density at radius 3 is 2.32 bits per heavy atom. The number of benzene rings is 1. The van der Waals surface area contributed by atoms with E-state index in [0.29, 0.717) is 0 Å². The smallest absolute Gasteiger partial charge is 0.137 e.